The maximum Gasteiger partial charge on any atom is 0.246 e. The smallest absolute Gasteiger partial charge is 0.246 e. The van der Waals surface area contributed by atoms with Gasteiger partial charge in [-0.3, -0.25) is 14.2 Å². The molecule has 2 aromatic rings. The molecular weight excluding hydrogens is 356 g/mol. The molecule has 0 N–H and O–H groups in total. The van der Waals surface area contributed by atoms with Crippen LogP contribution in [0.4, 0.5) is 0 Å². The molecule has 1 saturated heterocycles. The Kier molecular flexibility index (Phi) is 4.89. The van der Waals surface area contributed by atoms with Crippen molar-refractivity contribution < 1.29 is 13.2 Å². The van der Waals surface area contributed by atoms with Crippen LogP contribution in [-0.4, -0.2) is 69.3 Å². The van der Waals surface area contributed by atoms with Gasteiger partial charge in [0.15, 0.2) is 0 Å². The van der Waals surface area contributed by atoms with E-state index in [9.17, 15) is 13.2 Å². The largest absolute Gasteiger partial charge is 0.338 e. The van der Waals surface area contributed by atoms with Crippen LogP contribution in [0.15, 0.2) is 17.2 Å². The first-order chi connectivity index (χ1) is 12.2. The van der Waals surface area contributed by atoms with Crippen molar-refractivity contribution in [2.75, 3.05) is 26.2 Å². The number of carbonyl (C=O) groups is 1. The number of amides is 1. The van der Waals surface area contributed by atoms with Crippen molar-refractivity contribution in [3.8, 4) is 0 Å². The van der Waals surface area contributed by atoms with Gasteiger partial charge in [0.1, 0.15) is 11.4 Å². The van der Waals surface area contributed by atoms with E-state index >= 15 is 0 Å². The standard InChI is InChI=1S/C16H24N6O3S/c1-12-9-13(2)22(18-12)11-16(23)20-5-7-21(8-6-20)26(24,25)15-10-17-19(4)14(15)3/h9-10H,5-8,11H2,1-4H3. The van der Waals surface area contributed by atoms with Crippen molar-refractivity contribution in [1.82, 2.24) is 28.8 Å². The normalized spacial score (nSPS) is 16.2. The summed E-state index contributed by atoms with van der Waals surface area (Å²) in [6, 6.07) is 1.92. The van der Waals surface area contributed by atoms with Gasteiger partial charge in [-0.15, -0.1) is 0 Å². The molecule has 1 amide bonds. The summed E-state index contributed by atoms with van der Waals surface area (Å²) >= 11 is 0. The summed E-state index contributed by atoms with van der Waals surface area (Å²) in [7, 11) is -1.88. The van der Waals surface area contributed by atoms with E-state index in [1.807, 2.05) is 19.9 Å². The number of aromatic nitrogens is 4. The van der Waals surface area contributed by atoms with E-state index in [2.05, 4.69) is 10.2 Å². The minimum absolute atomic E-state index is 0.0502. The lowest BCUT2D eigenvalue weighted by Crippen LogP contribution is -2.51. The number of carbonyl (C=O) groups excluding carboxylic acids is 1. The highest BCUT2D eigenvalue weighted by Crippen LogP contribution is 2.20. The van der Waals surface area contributed by atoms with Crippen LogP contribution in [0.1, 0.15) is 17.1 Å². The molecule has 3 heterocycles. The van der Waals surface area contributed by atoms with Gasteiger partial charge in [0.2, 0.25) is 15.9 Å². The molecule has 9 nitrogen and oxygen atoms in total. The first-order valence-electron chi connectivity index (χ1n) is 8.47. The molecule has 0 bridgehead atoms. The number of sulfonamides is 1. The van der Waals surface area contributed by atoms with Crippen molar-refractivity contribution >= 4 is 15.9 Å². The Labute approximate surface area is 153 Å². The SMILES string of the molecule is Cc1cc(C)n(CC(=O)N2CCN(S(=O)(=O)c3cnn(C)c3C)CC2)n1. The second-order valence-electron chi connectivity index (χ2n) is 6.59. The molecule has 1 fully saturated rings. The molecular formula is C16H24N6O3S. The summed E-state index contributed by atoms with van der Waals surface area (Å²) in [4.78, 5) is 14.4. The lowest BCUT2D eigenvalue weighted by Gasteiger charge is -2.34. The average molecular weight is 380 g/mol. The monoisotopic (exact) mass is 380 g/mol. The molecule has 0 unspecified atom stereocenters. The third-order valence-electron chi connectivity index (χ3n) is 4.79. The van der Waals surface area contributed by atoms with Gasteiger partial charge < -0.3 is 4.90 Å². The molecule has 0 atom stereocenters. The van der Waals surface area contributed by atoms with Crippen LogP contribution in [0.3, 0.4) is 0 Å². The minimum Gasteiger partial charge on any atom is -0.338 e. The van der Waals surface area contributed by atoms with Gasteiger partial charge in [0.25, 0.3) is 0 Å². The highest BCUT2D eigenvalue weighted by Gasteiger charge is 2.32. The topological polar surface area (TPSA) is 93.3 Å². The van der Waals surface area contributed by atoms with E-state index < -0.39 is 10.0 Å². The van der Waals surface area contributed by atoms with Crippen LogP contribution in [0, 0.1) is 20.8 Å². The van der Waals surface area contributed by atoms with Crippen molar-refractivity contribution in [3.63, 3.8) is 0 Å². The highest BCUT2D eigenvalue weighted by atomic mass is 32.2. The van der Waals surface area contributed by atoms with Crippen molar-refractivity contribution in [2.45, 2.75) is 32.2 Å². The lowest BCUT2D eigenvalue weighted by molar-refractivity contribution is -0.133. The molecule has 142 valence electrons. The van der Waals surface area contributed by atoms with Crippen LogP contribution < -0.4 is 0 Å². The fraction of sp³-hybridized carbons (Fsp3) is 0.562. The molecule has 0 aromatic carbocycles. The number of nitrogens with zero attached hydrogens (tertiary/aromatic N) is 6. The van der Waals surface area contributed by atoms with Gasteiger partial charge in [0, 0.05) is 38.9 Å². The number of piperazine rings is 1. The molecule has 1 aliphatic heterocycles. The molecule has 3 rings (SSSR count). The van der Waals surface area contributed by atoms with Gasteiger partial charge in [0.05, 0.1) is 17.6 Å². The number of rotatable bonds is 4. The van der Waals surface area contributed by atoms with Gasteiger partial charge in [-0.1, -0.05) is 0 Å². The maximum absolute atomic E-state index is 12.8. The summed E-state index contributed by atoms with van der Waals surface area (Å²) in [5.41, 5.74) is 2.41. The van der Waals surface area contributed by atoms with Gasteiger partial charge in [-0.2, -0.15) is 14.5 Å². The predicted octanol–water partition coefficient (Wildman–Crippen LogP) is 0.0750. The third-order valence-corrected chi connectivity index (χ3v) is 6.79. The first kappa shape index (κ1) is 18.6. The molecule has 1 aliphatic rings. The zero-order chi connectivity index (χ0) is 19.1. The van der Waals surface area contributed by atoms with Crippen molar-refractivity contribution in [1.29, 1.82) is 0 Å². The molecule has 0 saturated carbocycles. The Hall–Kier alpha value is -2.20. The third kappa shape index (κ3) is 3.38. The van der Waals surface area contributed by atoms with E-state index in [-0.39, 0.29) is 30.4 Å². The first-order valence-corrected chi connectivity index (χ1v) is 9.91. The van der Waals surface area contributed by atoms with Gasteiger partial charge in [-0.05, 0) is 26.8 Å². The summed E-state index contributed by atoms with van der Waals surface area (Å²) < 4.78 is 30.2. The number of hydrogen-bond donors (Lipinski definition) is 0. The van der Waals surface area contributed by atoms with Gasteiger partial charge >= 0.3 is 0 Å². The van der Waals surface area contributed by atoms with Crippen LogP contribution in [0.5, 0.6) is 0 Å². The van der Waals surface area contributed by atoms with E-state index in [4.69, 9.17) is 0 Å². The Balaban J connectivity index is 1.64. The van der Waals surface area contributed by atoms with Crippen LogP contribution in [-0.2, 0) is 28.4 Å². The van der Waals surface area contributed by atoms with Crippen molar-refractivity contribution in [2.24, 2.45) is 7.05 Å². The Morgan fingerprint density at radius 1 is 1.15 bits per heavy atom. The quantitative estimate of drug-likeness (QED) is 0.749. The fourth-order valence-electron chi connectivity index (χ4n) is 3.11. The number of hydrogen-bond acceptors (Lipinski definition) is 5. The van der Waals surface area contributed by atoms with Crippen molar-refractivity contribution in [3.05, 3.63) is 29.3 Å². The Morgan fingerprint density at radius 2 is 1.81 bits per heavy atom. The maximum atomic E-state index is 12.8. The van der Waals surface area contributed by atoms with E-state index in [0.717, 1.165) is 11.4 Å². The van der Waals surface area contributed by atoms with Crippen LogP contribution in [0.2, 0.25) is 0 Å². The zero-order valence-corrected chi connectivity index (χ0v) is 16.3. The summed E-state index contributed by atoms with van der Waals surface area (Å²) in [6.07, 6.45) is 1.38. The van der Waals surface area contributed by atoms with E-state index in [1.165, 1.54) is 10.5 Å². The van der Waals surface area contributed by atoms with Gasteiger partial charge in [-0.25, -0.2) is 8.42 Å². The molecule has 0 aliphatic carbocycles. The molecule has 2 aromatic heterocycles. The fourth-order valence-corrected chi connectivity index (χ4v) is 4.72. The number of aryl methyl sites for hydroxylation is 3. The zero-order valence-electron chi connectivity index (χ0n) is 15.5. The lowest BCUT2D eigenvalue weighted by atomic mass is 10.3. The second kappa shape index (κ2) is 6.84. The van der Waals surface area contributed by atoms with Crippen LogP contribution in [0.25, 0.3) is 0 Å². The average Bonchev–Trinajstić information content (AvgIpc) is 3.09. The summed E-state index contributed by atoms with van der Waals surface area (Å²) in [5.74, 6) is -0.0502. The highest BCUT2D eigenvalue weighted by molar-refractivity contribution is 7.89. The second-order valence-corrected chi connectivity index (χ2v) is 8.49. The summed E-state index contributed by atoms with van der Waals surface area (Å²) in [5, 5.41) is 8.32. The van der Waals surface area contributed by atoms with E-state index in [1.54, 1.807) is 28.2 Å². The minimum atomic E-state index is -3.59. The molecule has 10 heteroatoms. The molecule has 26 heavy (non-hydrogen) atoms. The Morgan fingerprint density at radius 3 is 2.31 bits per heavy atom. The summed E-state index contributed by atoms with van der Waals surface area (Å²) in [6.45, 7) is 7.00. The van der Waals surface area contributed by atoms with E-state index in [0.29, 0.717) is 18.8 Å². The molecule has 0 spiro atoms. The Bertz CT molecular complexity index is 922. The molecule has 0 radical (unpaired) electrons. The predicted molar refractivity (Wildman–Crippen MR) is 95.0 cm³/mol. The van der Waals surface area contributed by atoms with Crippen LogP contribution >= 0.6 is 0 Å².